The summed E-state index contributed by atoms with van der Waals surface area (Å²) in [5.41, 5.74) is 31.7. The highest BCUT2D eigenvalue weighted by molar-refractivity contribution is 7.22. The average molecular weight is 2190 g/mol. The van der Waals surface area contributed by atoms with Gasteiger partial charge in [0.15, 0.2) is 0 Å². The van der Waals surface area contributed by atoms with Gasteiger partial charge in [0.2, 0.25) is 5.76 Å². The smallest absolute Gasteiger partial charge is 0.490 e. The van der Waals surface area contributed by atoms with Crippen LogP contribution in [0, 0.1) is 38.9 Å². The van der Waals surface area contributed by atoms with Gasteiger partial charge in [-0.1, -0.05) is 121 Å². The third kappa shape index (κ3) is 36.4. The number of thiophene rings is 5. The Bertz CT molecular complexity index is 7400. The topological polar surface area (TPSA) is 506 Å². The lowest BCUT2D eigenvalue weighted by atomic mass is 10.0. The minimum atomic E-state index is -5.08. The average Bonchev–Trinajstić information content (AvgIpc) is 1.81. The van der Waals surface area contributed by atoms with Gasteiger partial charge in [-0.3, -0.25) is 31.8 Å². The zero-order valence-electron chi connectivity index (χ0n) is 75.1. The van der Waals surface area contributed by atoms with Crippen LogP contribution in [0.3, 0.4) is 0 Å². The van der Waals surface area contributed by atoms with E-state index in [0.29, 0.717) is 39.6 Å². The molecule has 784 valence electrons. The van der Waals surface area contributed by atoms with E-state index in [-0.39, 0.29) is 70.9 Å². The van der Waals surface area contributed by atoms with Crippen LogP contribution in [0.5, 0.6) is 28.7 Å². The number of aromatic hydroxyl groups is 1. The number of ether oxygens (including phenoxy) is 4. The number of aliphatic carboxylic acids is 4. The molecular weight excluding hydrogens is 2120 g/mol. The SMILES string of the molecule is COc1ccccc1C#Cc1cccc2sc(C(=N)N)cc12.N=C(N)c1cc2c(OCc3cc(C(F)(F)F)cc(C(F)(F)F)c3)cccc2s1.N=C(N)c1cc2c(OCc3coc(C(F)(F)F)c3)cccc2s1.N=C(N)c1cc2cc(-c3ccccc3O)ccc2s1.N=C(N)c1cc2cc(-c3ccccc3OCc3ccccc3)ccc2s1.O=C(O)C(F)(F)F.O=C(O)C(F)(F)F.O=C(O)C(F)(F)F.O=C(O)C(F)(F)F.O=CO. The second kappa shape index (κ2) is 52.2. The molecule has 0 radical (unpaired) electrons. The molecule has 0 saturated heterocycles. The summed E-state index contributed by atoms with van der Waals surface area (Å²) >= 11 is 7.13. The van der Waals surface area contributed by atoms with Gasteiger partial charge in [-0.15, -0.1) is 56.7 Å². The molecule has 6 heterocycles. The first-order valence-corrected chi connectivity index (χ1v) is 44.6. The Morgan fingerprint density at radius 1 is 0.349 bits per heavy atom. The molecule has 10 aromatic carbocycles. The van der Waals surface area contributed by atoms with Crippen LogP contribution in [0.15, 0.2) is 259 Å². The van der Waals surface area contributed by atoms with Crippen LogP contribution >= 0.6 is 56.7 Å². The molecule has 21 N–H and O–H groups in total. The number of phenols is 1. The van der Waals surface area contributed by atoms with Crippen molar-refractivity contribution in [3.63, 3.8) is 0 Å². The maximum atomic E-state index is 12.9. The van der Waals surface area contributed by atoms with Crippen molar-refractivity contribution in [3.8, 4) is 62.8 Å². The predicted octanol–water partition coefficient (Wildman–Crippen LogP) is 25.0. The molecule has 0 aliphatic rings. The van der Waals surface area contributed by atoms with Crippen molar-refractivity contribution in [2.45, 2.75) is 63.1 Å². The molecule has 16 aromatic rings. The number of carbonyl (C=O) groups is 5. The Hall–Kier alpha value is -16.9. The molecule has 0 unspecified atom stereocenters. The number of halogens is 21. The molecule has 0 atom stereocenters. The van der Waals surface area contributed by atoms with Gasteiger partial charge in [0, 0.05) is 61.9 Å². The van der Waals surface area contributed by atoms with Crippen LogP contribution in [0.2, 0.25) is 0 Å². The number of benzene rings is 10. The van der Waals surface area contributed by atoms with Crippen LogP contribution in [0.25, 0.3) is 72.7 Å². The normalized spacial score (nSPS) is 11.1. The highest BCUT2D eigenvalue weighted by Crippen LogP contribution is 2.42. The van der Waals surface area contributed by atoms with E-state index in [9.17, 15) is 97.3 Å². The zero-order valence-corrected chi connectivity index (χ0v) is 79.2. The van der Waals surface area contributed by atoms with E-state index >= 15 is 0 Å². The molecule has 0 fully saturated rings. The molecule has 0 amide bonds. The summed E-state index contributed by atoms with van der Waals surface area (Å²) in [4.78, 5) is 47.4. The summed E-state index contributed by atoms with van der Waals surface area (Å²) < 4.78 is 274. The number of nitrogens with one attached hydrogen (secondary N) is 5. The largest absolute Gasteiger partial charge is 0.507 e. The molecule has 52 heteroatoms. The maximum absolute atomic E-state index is 12.9. The van der Waals surface area contributed by atoms with Crippen LogP contribution in [0.1, 0.15) is 69.1 Å². The first-order valence-electron chi connectivity index (χ1n) is 40.6. The standard InChI is InChI=1S/C22H18N2OS.C18H12F6N2OS.C18H14N2OS.C15H11F3N2O2S.C15H12N2OS.4C2HF3O2.CH2O2/c23-22(24)21-13-17-12-16(10-11-20(17)26-21)18-8-4-5-9-19(18)25-14-15-6-2-1-3-7-15;19-17(20,21)10-4-9(5-11(6-10)18(22,23)24)8-27-13-2-1-3-14-12(13)7-15(28-14)16(25)26;1-21-15-7-3-2-5-13(15)10-9-12-6-4-8-16-14(12)11-17(22-16)18(19)20;16-15(17,18)13-4-8(7-22-13)6-21-10-2-1-3-11-9(10)5-12(23-11)14(19)20;16-15(17)14-8-10-7-9(5-6-13(10)19-14)11-3-1-2-4-12(11)18;4*3-2(4,5)1(6)7;2-1-3/h1-13H,14H2,(H3,23,24);1-7H,8H2,(H3,25,26);2-8,11H,1H3,(H3,19,20);1-5,7H,6H2,(H3,19,20);1-8,18H,(H3,16,17);4*(H,6,7);1H,(H,2,3). The van der Waals surface area contributed by atoms with E-state index in [1.165, 1.54) is 51.4 Å². The van der Waals surface area contributed by atoms with Gasteiger partial charge < -0.3 is 82.7 Å². The Labute approximate surface area is 844 Å². The summed E-state index contributed by atoms with van der Waals surface area (Å²) in [6, 6.07) is 73.0. The fourth-order valence-electron chi connectivity index (χ4n) is 11.8. The highest BCUT2D eigenvalue weighted by atomic mass is 32.1. The number of nitrogen functional groups attached to an aromatic ring is 5. The van der Waals surface area contributed by atoms with E-state index in [1.54, 1.807) is 67.0 Å². The summed E-state index contributed by atoms with van der Waals surface area (Å²) in [6.45, 7) is -0.256. The van der Waals surface area contributed by atoms with Gasteiger partial charge in [0.1, 0.15) is 77.7 Å². The number of carboxylic acid groups (broad SMARTS) is 5. The molecule has 0 spiro atoms. The number of nitrogens with two attached hydrogens (primary N) is 5. The van der Waals surface area contributed by atoms with Crippen molar-refractivity contribution in [1.82, 2.24) is 0 Å². The molecule has 6 aromatic heterocycles. The molecular formula is C97H73F21N10O16S5. The predicted molar refractivity (Wildman–Crippen MR) is 519 cm³/mol. The van der Waals surface area contributed by atoms with Crippen molar-refractivity contribution in [3.05, 3.63) is 324 Å². The number of carboxylic acids is 4. The van der Waals surface area contributed by atoms with Crippen molar-refractivity contribution >= 4 is 167 Å². The zero-order chi connectivity index (χ0) is 111. The first-order chi connectivity index (χ1) is 69.5. The molecule has 0 aliphatic heterocycles. The third-order valence-corrected chi connectivity index (χ3v) is 24.1. The first kappa shape index (κ1) is 119. The lowest BCUT2D eigenvalue weighted by Crippen LogP contribution is -2.21. The van der Waals surface area contributed by atoms with Crippen LogP contribution in [0.4, 0.5) is 92.2 Å². The number of furan rings is 1. The number of alkyl halides is 21. The van der Waals surface area contributed by atoms with Crippen LogP contribution < -0.4 is 47.6 Å². The van der Waals surface area contributed by atoms with E-state index in [2.05, 4.69) is 52.7 Å². The molecule has 26 nitrogen and oxygen atoms in total. The lowest BCUT2D eigenvalue weighted by molar-refractivity contribution is -0.193. The van der Waals surface area contributed by atoms with E-state index < -0.39 is 90.6 Å². The Morgan fingerprint density at radius 3 is 1.07 bits per heavy atom. The number of phenolic OH excluding ortho intramolecular Hbond substituents is 1. The Balaban J connectivity index is 0.000000235. The monoisotopic (exact) mass is 2190 g/mol. The van der Waals surface area contributed by atoms with Gasteiger partial charge in [-0.25, -0.2) is 19.2 Å². The van der Waals surface area contributed by atoms with Gasteiger partial charge in [0.05, 0.1) is 54.4 Å². The second-order valence-electron chi connectivity index (χ2n) is 29.0. The summed E-state index contributed by atoms with van der Waals surface area (Å²) in [5.74, 6) is -2.96. The molecule has 0 bridgehead atoms. The van der Waals surface area contributed by atoms with Crippen LogP contribution in [-0.4, -0.2) is 122 Å². The van der Waals surface area contributed by atoms with Gasteiger partial charge in [-0.2, -0.15) is 92.2 Å². The number of hydrogen-bond donors (Lipinski definition) is 16. The minimum absolute atomic E-state index is 0.0400. The Morgan fingerprint density at radius 2 is 0.671 bits per heavy atom. The number of rotatable bonds is 17. The number of fused-ring (bicyclic) bond motifs is 5. The van der Waals surface area contributed by atoms with Crippen molar-refractivity contribution < 1.29 is 170 Å². The van der Waals surface area contributed by atoms with E-state index in [4.69, 9.17) is 124 Å². The summed E-state index contributed by atoms with van der Waals surface area (Å²) in [7, 11) is 1.64. The summed E-state index contributed by atoms with van der Waals surface area (Å²) in [5, 5.41) is 87.4. The van der Waals surface area contributed by atoms with E-state index in [1.807, 2.05) is 133 Å². The molecule has 149 heavy (non-hydrogen) atoms. The highest BCUT2D eigenvalue weighted by Gasteiger charge is 2.42. The third-order valence-electron chi connectivity index (χ3n) is 18.4. The number of methoxy groups -OCH3 is 1. The number of hydrogen-bond acceptors (Lipinski definition) is 21. The number of amidine groups is 5. The maximum Gasteiger partial charge on any atom is 0.490 e. The van der Waals surface area contributed by atoms with E-state index in [0.717, 1.165) is 122 Å². The fraction of sp³-hybridized carbons (Fsp3) is 0.113. The second-order valence-corrected chi connectivity index (χ2v) is 34.5. The van der Waals surface area contributed by atoms with Crippen molar-refractivity contribution in [2.24, 2.45) is 28.7 Å². The minimum Gasteiger partial charge on any atom is -0.507 e. The lowest BCUT2D eigenvalue weighted by Gasteiger charge is -2.15. The quantitative estimate of drug-likeness (QED) is 0.0132. The molecule has 0 aliphatic carbocycles. The van der Waals surface area contributed by atoms with Crippen molar-refractivity contribution in [2.75, 3.05) is 7.11 Å². The summed E-state index contributed by atoms with van der Waals surface area (Å²) in [6.07, 6.45) is -33.7. The molecule has 0 saturated carbocycles. The Kier molecular flexibility index (Phi) is 41.7. The number of para-hydroxylation sites is 3. The van der Waals surface area contributed by atoms with Crippen LogP contribution in [-0.2, 0) is 62.3 Å². The molecule has 16 rings (SSSR count). The van der Waals surface area contributed by atoms with Gasteiger partial charge in [-0.05, 0) is 173 Å². The van der Waals surface area contributed by atoms with Gasteiger partial charge >= 0.3 is 67.1 Å². The fourth-order valence-corrected chi connectivity index (χ4v) is 16.4. The van der Waals surface area contributed by atoms with Gasteiger partial charge in [0.25, 0.3) is 6.47 Å². The van der Waals surface area contributed by atoms with Crippen molar-refractivity contribution in [1.29, 1.82) is 27.0 Å².